The summed E-state index contributed by atoms with van der Waals surface area (Å²) in [7, 11) is 0. The normalized spacial score (nSPS) is 17.4. The van der Waals surface area contributed by atoms with Crippen molar-refractivity contribution < 1.29 is 45.8 Å². The van der Waals surface area contributed by atoms with Crippen molar-refractivity contribution in [3.8, 4) is 0 Å². The van der Waals surface area contributed by atoms with Gasteiger partial charge < -0.3 is 10.0 Å². The molecule has 0 aliphatic carbocycles. The molecule has 2 aromatic carbocycles. The van der Waals surface area contributed by atoms with E-state index in [-0.39, 0.29) is 36.3 Å². The lowest BCUT2D eigenvalue weighted by molar-refractivity contribution is -0.191. The highest BCUT2D eigenvalue weighted by Crippen LogP contribution is 2.38. The van der Waals surface area contributed by atoms with Crippen molar-refractivity contribution in [3.05, 3.63) is 69.8 Å². The van der Waals surface area contributed by atoms with Crippen LogP contribution in [0.4, 0.5) is 26.3 Å². The van der Waals surface area contributed by atoms with Crippen LogP contribution in [0.5, 0.6) is 0 Å². The van der Waals surface area contributed by atoms with E-state index >= 15 is 0 Å². The largest absolute Gasteiger partial charge is 0.416 e. The highest BCUT2D eigenvalue weighted by molar-refractivity contribution is 8.18. The molecule has 0 atom stereocenters. The number of halogens is 6. The van der Waals surface area contributed by atoms with Crippen molar-refractivity contribution in [1.82, 2.24) is 14.7 Å². The van der Waals surface area contributed by atoms with Crippen LogP contribution in [0.25, 0.3) is 17.0 Å². The molecule has 15 heteroatoms. The number of aliphatic hydroxyl groups excluding tert-OH is 1. The number of thioether (sulfide) groups is 1. The molecular formula is C26H20F6N4O4S. The number of hydrogen-bond acceptors (Lipinski definition) is 7. The molecule has 1 N–H and O–H groups in total. The van der Waals surface area contributed by atoms with E-state index in [4.69, 9.17) is 9.59 Å². The number of benzene rings is 2. The summed E-state index contributed by atoms with van der Waals surface area (Å²) in [6, 6.07) is 6.58. The molecular weight excluding hydrogens is 578 g/mol. The number of alkyl halides is 6. The maximum atomic E-state index is 13.5. The smallest absolute Gasteiger partial charge is 0.393 e. The van der Waals surface area contributed by atoms with Crippen LogP contribution in [0.3, 0.4) is 0 Å². The number of amidine groups is 1. The van der Waals surface area contributed by atoms with Crippen LogP contribution in [-0.4, -0.2) is 56.2 Å². The number of aliphatic hydroxyl groups is 1. The first kappa shape index (κ1) is 30.0. The number of carbonyl (C=O) groups excluding carboxylic acids is 3. The molecule has 5 rings (SSSR count). The monoisotopic (exact) mass is 598 g/mol. The number of aliphatic imine (C=N–C) groups is 1. The van der Waals surface area contributed by atoms with Crippen molar-refractivity contribution in [2.24, 2.45) is 4.99 Å². The Balaban J connectivity index is 0.00000124. The van der Waals surface area contributed by atoms with Crippen molar-refractivity contribution in [2.45, 2.75) is 37.8 Å². The summed E-state index contributed by atoms with van der Waals surface area (Å²) in [5.41, 5.74) is -1.95. The van der Waals surface area contributed by atoms with Crippen molar-refractivity contribution in [1.29, 1.82) is 0 Å². The zero-order chi connectivity index (χ0) is 29.9. The van der Waals surface area contributed by atoms with Gasteiger partial charge in [-0.05, 0) is 66.1 Å². The third-order valence-electron chi connectivity index (χ3n) is 6.37. The number of aromatic nitrogens is 2. The molecule has 0 radical (unpaired) electrons. The molecule has 2 aliphatic rings. The van der Waals surface area contributed by atoms with Gasteiger partial charge in [-0.2, -0.15) is 46.0 Å². The molecule has 1 aromatic heterocycles. The molecule has 2 aliphatic heterocycles. The highest BCUT2D eigenvalue weighted by Gasteiger charge is 2.38. The Kier molecular flexibility index (Phi) is 8.71. The summed E-state index contributed by atoms with van der Waals surface area (Å²) < 4.78 is 80.9. The van der Waals surface area contributed by atoms with Gasteiger partial charge in [0.15, 0.2) is 5.17 Å². The second-order valence-electron chi connectivity index (χ2n) is 9.10. The van der Waals surface area contributed by atoms with Gasteiger partial charge in [0.2, 0.25) is 0 Å². The van der Waals surface area contributed by atoms with Crippen molar-refractivity contribution in [3.63, 3.8) is 0 Å². The minimum Gasteiger partial charge on any atom is -0.393 e. The van der Waals surface area contributed by atoms with E-state index in [0.717, 1.165) is 6.07 Å². The minimum absolute atomic E-state index is 0.115. The number of hydrogen-bond donors (Lipinski definition) is 1. The standard InChI is InChI=1S/C25H20F6N4O2S.CO2/c26-24(27,28)17-3-2-15(19(11-17)25(29,30)31)13-35-20-4-1-14(9-16(20)12-32-35)10-21-22(37)33-23(38-21)34-7-5-18(36)6-8-34;2-1-3/h1-4,9-12,18,36H,5-8,13H2;/b21-10-;. The van der Waals surface area contributed by atoms with Gasteiger partial charge >= 0.3 is 18.5 Å². The van der Waals surface area contributed by atoms with Gasteiger partial charge in [0.05, 0.1) is 40.4 Å². The van der Waals surface area contributed by atoms with Crippen LogP contribution >= 0.6 is 11.8 Å². The zero-order valence-corrected chi connectivity index (χ0v) is 21.7. The Hall–Kier alpha value is -3.94. The number of likely N-dealkylation sites (tertiary alicyclic amines) is 1. The lowest BCUT2D eigenvalue weighted by Gasteiger charge is -2.30. The summed E-state index contributed by atoms with van der Waals surface area (Å²) in [6.45, 7) is 0.828. The van der Waals surface area contributed by atoms with Crippen LogP contribution in [0.2, 0.25) is 0 Å². The van der Waals surface area contributed by atoms with Gasteiger partial charge in [-0.3, -0.25) is 9.48 Å². The molecule has 41 heavy (non-hydrogen) atoms. The van der Waals surface area contributed by atoms with Gasteiger partial charge in [-0.15, -0.1) is 0 Å². The summed E-state index contributed by atoms with van der Waals surface area (Å²) in [6.07, 6.45) is -5.66. The van der Waals surface area contributed by atoms with Gasteiger partial charge in [0, 0.05) is 18.5 Å². The SMILES string of the molecule is O=C1N=C(N2CCC(O)CC2)S/C1=C\c1ccc2c(cnn2Cc2ccc(C(F)(F)F)cc2C(F)(F)F)c1.O=C=O. The fourth-order valence-electron chi connectivity index (χ4n) is 4.38. The Morgan fingerprint density at radius 3 is 2.34 bits per heavy atom. The minimum atomic E-state index is -4.97. The molecule has 1 fully saturated rings. The Labute approximate surface area is 232 Å². The molecule has 1 amide bonds. The van der Waals surface area contributed by atoms with E-state index in [1.54, 1.807) is 24.3 Å². The van der Waals surface area contributed by atoms with Crippen LogP contribution in [0.15, 0.2) is 52.5 Å². The van der Waals surface area contributed by atoms with Crippen LogP contribution in [0, 0.1) is 0 Å². The first-order chi connectivity index (χ1) is 19.3. The highest BCUT2D eigenvalue weighted by atomic mass is 32.2. The molecule has 0 saturated carbocycles. The average molecular weight is 599 g/mol. The number of amides is 1. The van der Waals surface area contributed by atoms with E-state index in [0.29, 0.717) is 58.5 Å². The summed E-state index contributed by atoms with van der Waals surface area (Å²) in [5.74, 6) is -0.381. The van der Waals surface area contributed by atoms with Crippen LogP contribution in [0.1, 0.15) is 35.1 Å². The molecule has 0 bridgehead atoms. The maximum absolute atomic E-state index is 13.5. The quantitative estimate of drug-likeness (QED) is 0.336. The fourth-order valence-corrected chi connectivity index (χ4v) is 5.34. The second kappa shape index (κ2) is 11.9. The topological polar surface area (TPSA) is 105 Å². The summed E-state index contributed by atoms with van der Waals surface area (Å²) in [5, 5.41) is 15.0. The number of rotatable bonds is 3. The number of carbonyl (C=O) groups is 1. The molecule has 0 spiro atoms. The maximum Gasteiger partial charge on any atom is 0.416 e. The Morgan fingerprint density at radius 2 is 1.71 bits per heavy atom. The first-order valence-electron chi connectivity index (χ1n) is 12.0. The summed E-state index contributed by atoms with van der Waals surface area (Å²) in [4.78, 5) is 35.2. The first-order valence-corrected chi connectivity index (χ1v) is 12.8. The van der Waals surface area contributed by atoms with E-state index in [2.05, 4.69) is 10.1 Å². The predicted octanol–water partition coefficient (Wildman–Crippen LogP) is 4.97. The van der Waals surface area contributed by atoms with Gasteiger partial charge in [0.25, 0.3) is 5.91 Å². The Bertz CT molecular complexity index is 1550. The van der Waals surface area contributed by atoms with Crippen LogP contribution in [-0.2, 0) is 33.3 Å². The third kappa shape index (κ3) is 7.04. The van der Waals surface area contributed by atoms with E-state index in [9.17, 15) is 36.2 Å². The molecule has 3 aromatic rings. The lowest BCUT2D eigenvalue weighted by atomic mass is 10.0. The number of piperidine rings is 1. The van der Waals surface area contributed by atoms with E-state index in [1.807, 2.05) is 4.90 Å². The lowest BCUT2D eigenvalue weighted by Crippen LogP contribution is -2.38. The molecule has 3 heterocycles. The third-order valence-corrected chi connectivity index (χ3v) is 7.42. The van der Waals surface area contributed by atoms with Gasteiger partial charge in [-0.25, -0.2) is 0 Å². The number of nitrogens with zero attached hydrogens (tertiary/aromatic N) is 4. The fraction of sp³-hybridized carbons (Fsp3) is 0.308. The van der Waals surface area contributed by atoms with Crippen molar-refractivity contribution in [2.75, 3.05) is 13.1 Å². The molecule has 1 saturated heterocycles. The molecule has 0 unspecified atom stereocenters. The van der Waals surface area contributed by atoms with Crippen molar-refractivity contribution >= 4 is 46.0 Å². The second-order valence-corrected chi connectivity index (χ2v) is 10.1. The molecule has 216 valence electrons. The predicted molar refractivity (Wildman–Crippen MR) is 135 cm³/mol. The van der Waals surface area contributed by atoms with E-state index in [1.165, 1.54) is 22.6 Å². The van der Waals surface area contributed by atoms with Gasteiger partial charge in [-0.1, -0.05) is 12.1 Å². The number of fused-ring (bicyclic) bond motifs is 1. The average Bonchev–Trinajstić information content (AvgIpc) is 3.46. The zero-order valence-electron chi connectivity index (χ0n) is 20.9. The van der Waals surface area contributed by atoms with Gasteiger partial charge in [0.1, 0.15) is 0 Å². The Morgan fingerprint density at radius 1 is 1.02 bits per heavy atom. The molecule has 8 nitrogen and oxygen atoms in total. The van der Waals surface area contributed by atoms with Crippen LogP contribution < -0.4 is 0 Å². The summed E-state index contributed by atoms with van der Waals surface area (Å²) >= 11 is 1.24. The van der Waals surface area contributed by atoms with E-state index < -0.39 is 23.5 Å².